The molecule has 0 spiro atoms. The van der Waals surface area contributed by atoms with Crippen molar-refractivity contribution in [3.05, 3.63) is 78.5 Å². The minimum atomic E-state index is -0.271. The Kier molecular flexibility index (Phi) is 4.57. The van der Waals surface area contributed by atoms with Crippen LogP contribution in [-0.4, -0.2) is 31.3 Å². The third kappa shape index (κ3) is 3.20. The molecule has 1 aliphatic heterocycles. The van der Waals surface area contributed by atoms with Crippen LogP contribution < -0.4 is 0 Å². The smallest absolute Gasteiger partial charge is 0.230 e. The maximum Gasteiger partial charge on any atom is 0.230 e. The van der Waals surface area contributed by atoms with Crippen LogP contribution in [0.1, 0.15) is 11.6 Å². The van der Waals surface area contributed by atoms with Crippen molar-refractivity contribution in [1.29, 1.82) is 0 Å². The van der Waals surface area contributed by atoms with E-state index in [9.17, 15) is 4.39 Å². The lowest BCUT2D eigenvalue weighted by Gasteiger charge is -2.24. The summed E-state index contributed by atoms with van der Waals surface area (Å²) in [6, 6.07) is 16.9. The molecule has 0 N–H and O–H groups in total. The molecule has 5 nitrogen and oxygen atoms in total. The van der Waals surface area contributed by atoms with Crippen LogP contribution in [0, 0.1) is 12.7 Å². The molecule has 0 bridgehead atoms. The molecule has 1 aliphatic rings. The Morgan fingerprint density at radius 3 is 2.56 bits per heavy atom. The van der Waals surface area contributed by atoms with E-state index in [-0.39, 0.29) is 5.82 Å². The highest BCUT2D eigenvalue weighted by Crippen LogP contribution is 2.39. The zero-order valence-electron chi connectivity index (χ0n) is 17.3. The number of fused-ring (bicyclic) bond motifs is 1. The quantitative estimate of drug-likeness (QED) is 0.334. The van der Waals surface area contributed by atoms with Crippen molar-refractivity contribution < 1.29 is 8.81 Å². The van der Waals surface area contributed by atoms with E-state index >= 15 is 0 Å². The lowest BCUT2D eigenvalue weighted by Crippen LogP contribution is -2.23. The van der Waals surface area contributed by atoms with Crippen LogP contribution >= 0.6 is 11.8 Å². The first-order valence-electron chi connectivity index (χ1n) is 10.4. The summed E-state index contributed by atoms with van der Waals surface area (Å²) in [7, 11) is 0. The van der Waals surface area contributed by atoms with Crippen molar-refractivity contribution in [1.82, 2.24) is 19.7 Å². The first kappa shape index (κ1) is 19.3. The van der Waals surface area contributed by atoms with Crippen LogP contribution in [0.5, 0.6) is 0 Å². The maximum atomic E-state index is 13.6. The predicted octanol–water partition coefficient (Wildman–Crippen LogP) is 6.16. The normalized spacial score (nSPS) is 14.1. The van der Waals surface area contributed by atoms with Crippen LogP contribution in [0.3, 0.4) is 0 Å². The largest absolute Gasteiger partial charge is 0.438 e. The monoisotopic (exact) mass is 442 g/mol. The van der Waals surface area contributed by atoms with Gasteiger partial charge in [0.25, 0.3) is 0 Å². The highest BCUT2D eigenvalue weighted by atomic mass is 32.2. The fourth-order valence-corrected chi connectivity index (χ4v) is 4.75. The lowest BCUT2D eigenvalue weighted by atomic mass is 10.0. The molecule has 158 valence electrons. The molecule has 0 aliphatic carbocycles. The fraction of sp³-hybridized carbons (Fsp3) is 0.160. The molecule has 7 heteroatoms. The SMILES string of the molecule is Cc1ccccc1-c1cc2c(-c3cn(C4CSC4)nc3-c3ccc(F)cc3)ncnc2o1. The van der Waals surface area contributed by atoms with Gasteiger partial charge >= 0.3 is 0 Å². The van der Waals surface area contributed by atoms with E-state index in [2.05, 4.69) is 23.0 Å². The van der Waals surface area contributed by atoms with Crippen LogP contribution in [-0.2, 0) is 0 Å². The first-order chi connectivity index (χ1) is 15.7. The van der Waals surface area contributed by atoms with Gasteiger partial charge in [-0.1, -0.05) is 24.3 Å². The average Bonchev–Trinajstić information content (AvgIpc) is 3.38. The Morgan fingerprint density at radius 1 is 1.00 bits per heavy atom. The number of halogens is 1. The van der Waals surface area contributed by atoms with Crippen molar-refractivity contribution in [3.8, 4) is 33.8 Å². The number of furan rings is 1. The minimum Gasteiger partial charge on any atom is -0.438 e. The second kappa shape index (κ2) is 7.60. The van der Waals surface area contributed by atoms with E-state index in [1.54, 1.807) is 12.1 Å². The Morgan fingerprint density at radius 2 is 1.81 bits per heavy atom. The number of rotatable bonds is 4. The van der Waals surface area contributed by atoms with Crippen LogP contribution in [0.25, 0.3) is 44.9 Å². The fourth-order valence-electron chi connectivity index (χ4n) is 4.00. The van der Waals surface area contributed by atoms with E-state index in [0.29, 0.717) is 11.8 Å². The molecule has 32 heavy (non-hydrogen) atoms. The molecule has 0 saturated carbocycles. The summed E-state index contributed by atoms with van der Waals surface area (Å²) in [4.78, 5) is 8.99. The van der Waals surface area contributed by atoms with Gasteiger partial charge in [0.2, 0.25) is 5.71 Å². The number of hydrogen-bond donors (Lipinski definition) is 0. The van der Waals surface area contributed by atoms with Gasteiger partial charge in [-0.25, -0.2) is 14.4 Å². The number of aryl methyl sites for hydroxylation is 1. The van der Waals surface area contributed by atoms with Gasteiger partial charge < -0.3 is 4.42 Å². The molecule has 3 aromatic heterocycles. The summed E-state index contributed by atoms with van der Waals surface area (Å²) in [6.07, 6.45) is 3.57. The molecule has 0 atom stereocenters. The molecule has 4 heterocycles. The third-order valence-corrected chi connectivity index (χ3v) is 7.08. The van der Waals surface area contributed by atoms with Crippen molar-refractivity contribution in [2.45, 2.75) is 13.0 Å². The molecule has 0 radical (unpaired) electrons. The molecule has 6 rings (SSSR count). The Labute approximate surface area is 188 Å². The second-order valence-corrected chi connectivity index (χ2v) is 9.01. The summed E-state index contributed by atoms with van der Waals surface area (Å²) in [5.74, 6) is 2.55. The van der Waals surface area contributed by atoms with Gasteiger partial charge in [0.15, 0.2) is 0 Å². The van der Waals surface area contributed by atoms with E-state index in [4.69, 9.17) is 9.52 Å². The summed E-state index contributed by atoms with van der Waals surface area (Å²) in [5.41, 5.74) is 5.96. The van der Waals surface area contributed by atoms with Crippen molar-refractivity contribution in [3.63, 3.8) is 0 Å². The summed E-state index contributed by atoms with van der Waals surface area (Å²) >= 11 is 1.90. The summed E-state index contributed by atoms with van der Waals surface area (Å²) in [6.45, 7) is 2.06. The van der Waals surface area contributed by atoms with Crippen LogP contribution in [0.2, 0.25) is 0 Å². The minimum absolute atomic E-state index is 0.271. The van der Waals surface area contributed by atoms with Gasteiger partial charge in [-0.2, -0.15) is 16.9 Å². The van der Waals surface area contributed by atoms with Gasteiger partial charge in [0.1, 0.15) is 23.6 Å². The van der Waals surface area contributed by atoms with E-state index in [0.717, 1.165) is 56.3 Å². The Bertz CT molecular complexity index is 1440. The maximum absolute atomic E-state index is 13.6. The number of aromatic nitrogens is 4. The zero-order chi connectivity index (χ0) is 21.7. The van der Waals surface area contributed by atoms with Crippen LogP contribution in [0.15, 0.2) is 71.5 Å². The molecule has 1 fully saturated rings. The highest BCUT2D eigenvalue weighted by Gasteiger charge is 2.25. The number of nitrogens with zero attached hydrogens (tertiary/aromatic N) is 4. The first-order valence-corrected chi connectivity index (χ1v) is 11.6. The molecular weight excluding hydrogens is 423 g/mol. The van der Waals surface area contributed by atoms with Crippen molar-refractivity contribution in [2.24, 2.45) is 0 Å². The molecule has 0 unspecified atom stereocenters. The Balaban J connectivity index is 1.54. The standard InChI is InChI=1S/C25H19FN4OS/c1-15-4-2-3-5-19(15)22-10-20-24(27-14-28-25(20)31-22)21-11-30(18-12-32-13-18)29-23(21)16-6-8-17(26)9-7-16/h2-11,14,18H,12-13H2,1H3. The van der Waals surface area contributed by atoms with E-state index < -0.39 is 0 Å². The van der Waals surface area contributed by atoms with Crippen molar-refractivity contribution in [2.75, 3.05) is 11.5 Å². The summed E-state index contributed by atoms with van der Waals surface area (Å²) < 4.78 is 21.7. The zero-order valence-corrected chi connectivity index (χ0v) is 18.1. The Hall–Kier alpha value is -3.45. The molecule has 2 aromatic carbocycles. The van der Waals surface area contributed by atoms with Gasteiger partial charge in [-0.05, 0) is 42.8 Å². The molecule has 5 aromatic rings. The topological polar surface area (TPSA) is 56.7 Å². The number of hydrogen-bond acceptors (Lipinski definition) is 5. The number of thioether (sulfide) groups is 1. The third-order valence-electron chi connectivity index (χ3n) is 5.84. The second-order valence-electron chi connectivity index (χ2n) is 7.94. The molecule has 0 amide bonds. The number of benzene rings is 2. The average molecular weight is 443 g/mol. The van der Waals surface area contributed by atoms with E-state index in [1.165, 1.54) is 18.5 Å². The van der Waals surface area contributed by atoms with Gasteiger partial charge in [-0.3, -0.25) is 4.68 Å². The lowest BCUT2D eigenvalue weighted by molar-refractivity contribution is 0.528. The van der Waals surface area contributed by atoms with Gasteiger partial charge in [-0.15, -0.1) is 0 Å². The summed E-state index contributed by atoms with van der Waals surface area (Å²) in [5, 5.41) is 5.71. The molecular formula is C25H19FN4OS. The van der Waals surface area contributed by atoms with Gasteiger partial charge in [0.05, 0.1) is 17.1 Å². The van der Waals surface area contributed by atoms with Crippen molar-refractivity contribution >= 4 is 22.9 Å². The van der Waals surface area contributed by atoms with Gasteiger partial charge in [0, 0.05) is 34.4 Å². The van der Waals surface area contributed by atoms with E-state index in [1.807, 2.05) is 46.9 Å². The highest BCUT2D eigenvalue weighted by molar-refractivity contribution is 8.00. The van der Waals surface area contributed by atoms with Crippen LogP contribution in [0.4, 0.5) is 4.39 Å². The predicted molar refractivity (Wildman–Crippen MR) is 125 cm³/mol. The molecule has 1 saturated heterocycles.